The normalized spacial score (nSPS) is 12.1. The second-order valence-electron chi connectivity index (χ2n) is 3.12. The van der Waals surface area contributed by atoms with Crippen molar-refractivity contribution in [3.8, 4) is 0 Å². The Morgan fingerprint density at radius 1 is 1.71 bits per heavy atom. The maximum atomic E-state index is 10.4. The largest absolute Gasteiger partial charge is 0.481 e. The first-order chi connectivity index (χ1) is 6.58. The molecule has 5 heteroatoms. The van der Waals surface area contributed by atoms with E-state index < -0.39 is 5.97 Å². The van der Waals surface area contributed by atoms with Crippen molar-refractivity contribution >= 4 is 17.5 Å². The molecule has 0 aliphatic heterocycles. The lowest BCUT2D eigenvalue weighted by Gasteiger charge is -2.11. The van der Waals surface area contributed by atoms with Crippen molar-refractivity contribution in [1.82, 2.24) is 4.98 Å². The molecule has 0 spiro atoms. The van der Waals surface area contributed by atoms with Crippen LogP contribution in [0.15, 0.2) is 18.3 Å². The minimum atomic E-state index is -0.833. The average Bonchev–Trinajstić information content (AvgIpc) is 2.07. The fourth-order valence-corrected chi connectivity index (χ4v) is 1.06. The van der Waals surface area contributed by atoms with E-state index in [2.05, 4.69) is 10.3 Å². The van der Waals surface area contributed by atoms with Crippen molar-refractivity contribution in [2.24, 2.45) is 0 Å². The van der Waals surface area contributed by atoms with Crippen molar-refractivity contribution in [3.63, 3.8) is 0 Å². The van der Waals surface area contributed by atoms with Crippen LogP contribution in [0.2, 0.25) is 0 Å². The third-order valence-electron chi connectivity index (χ3n) is 1.66. The van der Waals surface area contributed by atoms with Crippen molar-refractivity contribution in [1.29, 1.82) is 0 Å². The summed E-state index contributed by atoms with van der Waals surface area (Å²) in [5.74, 6) is -0.201. The van der Waals surface area contributed by atoms with Crippen LogP contribution < -0.4 is 11.1 Å². The molecule has 1 atom stereocenters. The molecule has 14 heavy (non-hydrogen) atoms. The minimum Gasteiger partial charge on any atom is -0.481 e. The number of hydrogen-bond donors (Lipinski definition) is 3. The summed E-state index contributed by atoms with van der Waals surface area (Å²) in [5.41, 5.74) is 6.04. The number of rotatable bonds is 4. The number of carboxylic acid groups (broad SMARTS) is 1. The Bertz CT molecular complexity index is 310. The summed E-state index contributed by atoms with van der Waals surface area (Å²) in [6.07, 6.45) is 1.59. The molecule has 0 amide bonds. The van der Waals surface area contributed by atoms with Crippen molar-refractivity contribution in [2.45, 2.75) is 19.4 Å². The van der Waals surface area contributed by atoms with Crippen LogP contribution in [0.4, 0.5) is 11.5 Å². The molecule has 0 aromatic carbocycles. The maximum absolute atomic E-state index is 10.4. The average molecular weight is 195 g/mol. The zero-order valence-corrected chi connectivity index (χ0v) is 7.90. The van der Waals surface area contributed by atoms with E-state index in [4.69, 9.17) is 10.8 Å². The van der Waals surface area contributed by atoms with E-state index in [0.29, 0.717) is 11.5 Å². The molecule has 0 saturated heterocycles. The van der Waals surface area contributed by atoms with Gasteiger partial charge in [0, 0.05) is 6.04 Å². The van der Waals surface area contributed by atoms with Crippen molar-refractivity contribution in [2.75, 3.05) is 11.1 Å². The zero-order valence-electron chi connectivity index (χ0n) is 7.90. The van der Waals surface area contributed by atoms with E-state index in [0.717, 1.165) is 0 Å². The first kappa shape index (κ1) is 10.3. The molecule has 0 bridgehead atoms. The van der Waals surface area contributed by atoms with Crippen LogP contribution in [0.25, 0.3) is 0 Å². The van der Waals surface area contributed by atoms with Gasteiger partial charge in [0.05, 0.1) is 18.3 Å². The summed E-state index contributed by atoms with van der Waals surface area (Å²) in [4.78, 5) is 14.4. The third kappa shape index (κ3) is 3.30. The SMILES string of the molecule is CC(CC(=O)O)Nc1ccc(N)cn1. The number of pyridine rings is 1. The summed E-state index contributed by atoms with van der Waals surface area (Å²) in [7, 11) is 0. The first-order valence-electron chi connectivity index (χ1n) is 4.28. The quantitative estimate of drug-likeness (QED) is 0.665. The molecule has 1 rings (SSSR count). The van der Waals surface area contributed by atoms with Gasteiger partial charge in [-0.25, -0.2) is 4.98 Å². The summed E-state index contributed by atoms with van der Waals surface area (Å²) < 4.78 is 0. The lowest BCUT2D eigenvalue weighted by atomic mass is 10.2. The standard InChI is InChI=1S/C9H13N3O2/c1-6(4-9(13)14)12-8-3-2-7(10)5-11-8/h2-3,5-6H,4,10H2,1H3,(H,11,12)(H,13,14). The van der Waals surface area contributed by atoms with E-state index in [1.165, 1.54) is 6.20 Å². The van der Waals surface area contributed by atoms with Crippen molar-refractivity contribution in [3.05, 3.63) is 18.3 Å². The van der Waals surface area contributed by atoms with Gasteiger partial charge in [0.15, 0.2) is 0 Å². The van der Waals surface area contributed by atoms with Crippen LogP contribution in [0.3, 0.4) is 0 Å². The molecule has 0 radical (unpaired) electrons. The number of nitrogens with zero attached hydrogens (tertiary/aromatic N) is 1. The van der Waals surface area contributed by atoms with Crippen molar-refractivity contribution < 1.29 is 9.90 Å². The van der Waals surface area contributed by atoms with Crippen LogP contribution in [0, 0.1) is 0 Å². The molecule has 0 aliphatic carbocycles. The molecule has 1 aromatic heterocycles. The molecule has 1 aromatic rings. The number of nitrogens with one attached hydrogen (secondary N) is 1. The van der Waals surface area contributed by atoms with Gasteiger partial charge in [-0.1, -0.05) is 0 Å². The zero-order chi connectivity index (χ0) is 10.6. The predicted molar refractivity (Wildman–Crippen MR) is 54.0 cm³/mol. The topological polar surface area (TPSA) is 88.2 Å². The summed E-state index contributed by atoms with van der Waals surface area (Å²) >= 11 is 0. The highest BCUT2D eigenvalue weighted by molar-refractivity contribution is 5.68. The summed E-state index contributed by atoms with van der Waals surface area (Å²) in [5, 5.41) is 11.5. The minimum absolute atomic E-state index is 0.0616. The van der Waals surface area contributed by atoms with Gasteiger partial charge in [0.1, 0.15) is 5.82 Å². The lowest BCUT2D eigenvalue weighted by molar-refractivity contribution is -0.137. The number of carbonyl (C=O) groups is 1. The highest BCUT2D eigenvalue weighted by atomic mass is 16.4. The molecule has 1 unspecified atom stereocenters. The van der Waals surface area contributed by atoms with E-state index in [1.807, 2.05) is 0 Å². The fraction of sp³-hybridized carbons (Fsp3) is 0.333. The number of anilines is 2. The van der Waals surface area contributed by atoms with Gasteiger partial charge in [-0.2, -0.15) is 0 Å². The third-order valence-corrected chi connectivity index (χ3v) is 1.66. The Labute approximate surface area is 82.0 Å². The van der Waals surface area contributed by atoms with E-state index in [9.17, 15) is 4.79 Å². The number of aliphatic carboxylic acids is 1. The maximum Gasteiger partial charge on any atom is 0.305 e. The van der Waals surface area contributed by atoms with Crippen LogP contribution in [0.5, 0.6) is 0 Å². The first-order valence-corrected chi connectivity index (χ1v) is 4.28. The molecular formula is C9H13N3O2. The van der Waals surface area contributed by atoms with Gasteiger partial charge in [-0.05, 0) is 19.1 Å². The molecule has 0 saturated carbocycles. The highest BCUT2D eigenvalue weighted by Crippen LogP contribution is 2.08. The smallest absolute Gasteiger partial charge is 0.305 e. The Kier molecular flexibility index (Phi) is 3.28. The van der Waals surface area contributed by atoms with E-state index >= 15 is 0 Å². The number of carboxylic acids is 1. The van der Waals surface area contributed by atoms with Gasteiger partial charge < -0.3 is 16.2 Å². The second-order valence-corrected chi connectivity index (χ2v) is 3.12. The number of nitrogen functional groups attached to an aromatic ring is 1. The number of nitrogens with two attached hydrogens (primary N) is 1. The second kappa shape index (κ2) is 4.45. The fourth-order valence-electron chi connectivity index (χ4n) is 1.06. The molecule has 76 valence electrons. The van der Waals surface area contributed by atoms with Crippen LogP contribution in [-0.2, 0) is 4.79 Å². The Morgan fingerprint density at radius 3 is 2.93 bits per heavy atom. The molecule has 0 aliphatic rings. The van der Waals surface area contributed by atoms with Gasteiger partial charge in [-0.3, -0.25) is 4.79 Å². The Balaban J connectivity index is 2.51. The van der Waals surface area contributed by atoms with Gasteiger partial charge in [0.2, 0.25) is 0 Å². The van der Waals surface area contributed by atoms with E-state index in [1.54, 1.807) is 19.1 Å². The van der Waals surface area contributed by atoms with Gasteiger partial charge in [0.25, 0.3) is 0 Å². The summed E-state index contributed by atoms with van der Waals surface area (Å²) in [6, 6.07) is 3.28. The van der Waals surface area contributed by atoms with Gasteiger partial charge in [-0.15, -0.1) is 0 Å². The van der Waals surface area contributed by atoms with Crippen LogP contribution >= 0.6 is 0 Å². The van der Waals surface area contributed by atoms with Crippen LogP contribution in [0.1, 0.15) is 13.3 Å². The number of aromatic nitrogens is 1. The highest BCUT2D eigenvalue weighted by Gasteiger charge is 2.07. The van der Waals surface area contributed by atoms with Crippen LogP contribution in [-0.4, -0.2) is 22.1 Å². The molecule has 5 nitrogen and oxygen atoms in total. The van der Waals surface area contributed by atoms with E-state index in [-0.39, 0.29) is 12.5 Å². The Hall–Kier alpha value is -1.78. The number of hydrogen-bond acceptors (Lipinski definition) is 4. The van der Waals surface area contributed by atoms with Gasteiger partial charge >= 0.3 is 5.97 Å². The molecule has 1 heterocycles. The molecular weight excluding hydrogens is 182 g/mol. The Morgan fingerprint density at radius 2 is 2.43 bits per heavy atom. The summed E-state index contributed by atoms with van der Waals surface area (Å²) in [6.45, 7) is 1.78. The predicted octanol–water partition coefficient (Wildman–Crippen LogP) is 0.939. The lowest BCUT2D eigenvalue weighted by Crippen LogP contribution is -2.19. The molecule has 4 N–H and O–H groups in total. The molecule has 0 fully saturated rings. The monoisotopic (exact) mass is 195 g/mol.